The van der Waals surface area contributed by atoms with Crippen LogP contribution in [0.25, 0.3) is 0 Å². The third-order valence-electron chi connectivity index (χ3n) is 1.27. The van der Waals surface area contributed by atoms with Gasteiger partial charge in [0.25, 0.3) is 0 Å². The molecule has 5 heteroatoms. The van der Waals surface area contributed by atoms with E-state index in [0.717, 1.165) is 0 Å². The predicted octanol–water partition coefficient (Wildman–Crippen LogP) is 0.490. The monoisotopic (exact) mass is 191 g/mol. The third kappa shape index (κ3) is 3.68. The SMILES string of the molecule is COC(=O)[C@@H](N)C(C)C#P=S. The van der Waals surface area contributed by atoms with Gasteiger partial charge in [-0.05, 0) is 0 Å². The van der Waals surface area contributed by atoms with Gasteiger partial charge in [-0.2, -0.15) is 0 Å². The number of ether oxygens (including phenoxy) is 1. The van der Waals surface area contributed by atoms with Crippen LogP contribution in [-0.2, 0) is 21.3 Å². The molecule has 0 aromatic carbocycles. The molecule has 0 heterocycles. The van der Waals surface area contributed by atoms with Crippen LogP contribution in [0.3, 0.4) is 0 Å². The number of methoxy groups -OCH3 is 1. The molecule has 0 aromatic rings. The molecule has 62 valence electrons. The maximum absolute atomic E-state index is 10.8. The van der Waals surface area contributed by atoms with E-state index in [-0.39, 0.29) is 5.92 Å². The van der Waals surface area contributed by atoms with Crippen LogP contribution in [0.2, 0.25) is 0 Å². The fourth-order valence-electron chi connectivity index (χ4n) is 0.504. The second kappa shape index (κ2) is 5.50. The molecule has 0 aliphatic heterocycles. The molecule has 0 aliphatic carbocycles. The Morgan fingerprint density at radius 2 is 2.36 bits per heavy atom. The van der Waals surface area contributed by atoms with E-state index in [1.54, 1.807) is 6.92 Å². The van der Waals surface area contributed by atoms with Crippen molar-refractivity contribution in [3.63, 3.8) is 0 Å². The standard InChI is InChI=1S/C6H10NO2PS/c1-4(3-10-11)5(7)6(8)9-2/h4-5H,7H2,1-2H3/t4?,5-/m0/s1. The summed E-state index contributed by atoms with van der Waals surface area (Å²) in [4.78, 5) is 10.8. The molecular weight excluding hydrogens is 181 g/mol. The summed E-state index contributed by atoms with van der Waals surface area (Å²) in [5.74, 6) is -0.578. The van der Waals surface area contributed by atoms with E-state index in [4.69, 9.17) is 5.73 Å². The summed E-state index contributed by atoms with van der Waals surface area (Å²) in [6, 6.07) is -0.643. The van der Waals surface area contributed by atoms with Crippen LogP contribution < -0.4 is 5.73 Å². The molecular formula is C6H10NO2PS. The Balaban J connectivity index is 4.19. The normalized spacial score (nSPS) is 14.5. The molecule has 2 N–H and O–H groups in total. The van der Waals surface area contributed by atoms with Gasteiger partial charge in [-0.3, -0.25) is 0 Å². The van der Waals surface area contributed by atoms with Crippen molar-refractivity contribution >= 4 is 24.6 Å². The van der Waals surface area contributed by atoms with E-state index in [0.29, 0.717) is 6.81 Å². The average Bonchev–Trinajstić information content (AvgIpc) is 2.02. The maximum atomic E-state index is 10.8. The Morgan fingerprint density at radius 1 is 1.82 bits per heavy atom. The minimum atomic E-state index is -0.643. The van der Waals surface area contributed by atoms with E-state index in [9.17, 15) is 4.79 Å². The molecule has 0 radical (unpaired) electrons. The van der Waals surface area contributed by atoms with Crippen molar-refractivity contribution in [1.82, 2.24) is 0 Å². The molecule has 11 heavy (non-hydrogen) atoms. The van der Waals surface area contributed by atoms with Crippen LogP contribution in [0.15, 0.2) is 0 Å². The molecule has 0 fully saturated rings. The Labute approximate surface area is 72.0 Å². The number of esters is 1. The van der Waals surface area contributed by atoms with Crippen molar-refractivity contribution in [3.05, 3.63) is 0 Å². The molecule has 0 aromatic heterocycles. The summed E-state index contributed by atoms with van der Waals surface area (Å²) in [5, 5.41) is 0. The van der Waals surface area contributed by atoms with Gasteiger partial charge in [-0.15, -0.1) is 0 Å². The molecule has 0 saturated carbocycles. The van der Waals surface area contributed by atoms with Gasteiger partial charge in [0, 0.05) is 0 Å². The van der Waals surface area contributed by atoms with Gasteiger partial charge in [-0.1, -0.05) is 0 Å². The van der Waals surface area contributed by atoms with Crippen LogP contribution in [0.1, 0.15) is 6.92 Å². The molecule has 0 rings (SSSR count). The molecule has 1 unspecified atom stereocenters. The Kier molecular flexibility index (Phi) is 5.43. The molecule has 0 spiro atoms. The second-order valence-electron chi connectivity index (χ2n) is 2.06. The number of nitrogens with two attached hydrogens (primary N) is 1. The van der Waals surface area contributed by atoms with Crippen LogP contribution in [-0.4, -0.2) is 19.1 Å². The molecule has 0 bridgehead atoms. The first-order chi connectivity index (χ1) is 5.13. The Hall–Kier alpha value is -0.140. The van der Waals surface area contributed by atoms with Gasteiger partial charge in [0.2, 0.25) is 0 Å². The summed E-state index contributed by atoms with van der Waals surface area (Å²) in [7, 11) is 1.31. The van der Waals surface area contributed by atoms with E-state index in [1.807, 2.05) is 0 Å². The first-order valence-electron chi connectivity index (χ1n) is 3.04. The fraction of sp³-hybridized carbons (Fsp3) is 0.667. The van der Waals surface area contributed by atoms with Gasteiger partial charge in [0.05, 0.1) is 0 Å². The number of rotatable bonds is 2. The zero-order valence-corrected chi connectivity index (χ0v) is 8.11. The first-order valence-corrected chi connectivity index (χ1v) is 4.95. The number of hydrogen-bond donors (Lipinski definition) is 1. The van der Waals surface area contributed by atoms with Crippen molar-refractivity contribution in [2.24, 2.45) is 11.7 Å². The summed E-state index contributed by atoms with van der Waals surface area (Å²) >= 11 is 4.62. The van der Waals surface area contributed by atoms with Crippen molar-refractivity contribution in [1.29, 1.82) is 0 Å². The number of carbonyl (C=O) groups is 1. The quantitative estimate of drug-likeness (QED) is 0.510. The van der Waals surface area contributed by atoms with Gasteiger partial charge in [-0.25, -0.2) is 0 Å². The topological polar surface area (TPSA) is 52.3 Å². The van der Waals surface area contributed by atoms with Crippen LogP contribution in [0.4, 0.5) is 0 Å². The van der Waals surface area contributed by atoms with Crippen molar-refractivity contribution < 1.29 is 9.53 Å². The molecule has 3 nitrogen and oxygen atoms in total. The summed E-state index contributed by atoms with van der Waals surface area (Å²) in [6.45, 7) is 2.37. The Morgan fingerprint density at radius 3 is 2.73 bits per heavy atom. The number of hydrogen-bond acceptors (Lipinski definition) is 4. The van der Waals surface area contributed by atoms with E-state index >= 15 is 0 Å². The van der Waals surface area contributed by atoms with Crippen molar-refractivity contribution in [2.45, 2.75) is 13.0 Å². The van der Waals surface area contributed by atoms with E-state index < -0.39 is 12.0 Å². The first kappa shape index (κ1) is 10.9. The molecule has 0 aliphatic rings. The summed E-state index contributed by atoms with van der Waals surface area (Å²) in [6.07, 6.45) is 0. The zero-order valence-electron chi connectivity index (χ0n) is 6.40. The average molecular weight is 191 g/mol. The van der Waals surface area contributed by atoms with Crippen molar-refractivity contribution in [3.8, 4) is 5.63 Å². The van der Waals surface area contributed by atoms with Gasteiger partial charge < -0.3 is 0 Å². The number of carbonyl (C=O) groups excluding carboxylic acids is 1. The van der Waals surface area contributed by atoms with Crippen LogP contribution >= 0.6 is 6.81 Å². The predicted molar refractivity (Wildman–Crippen MR) is 47.3 cm³/mol. The van der Waals surface area contributed by atoms with Gasteiger partial charge >= 0.3 is 71.5 Å². The molecule has 0 amide bonds. The molecule has 0 saturated heterocycles. The van der Waals surface area contributed by atoms with E-state index in [2.05, 4.69) is 22.2 Å². The van der Waals surface area contributed by atoms with Gasteiger partial charge in [0.1, 0.15) is 0 Å². The third-order valence-corrected chi connectivity index (χ3v) is 2.10. The van der Waals surface area contributed by atoms with Gasteiger partial charge in [0.15, 0.2) is 0 Å². The summed E-state index contributed by atoms with van der Waals surface area (Å²) in [5.41, 5.74) is 8.29. The van der Waals surface area contributed by atoms with Crippen LogP contribution in [0.5, 0.6) is 0 Å². The minimum absolute atomic E-state index is 0.151. The second-order valence-corrected chi connectivity index (χ2v) is 3.05. The van der Waals surface area contributed by atoms with Crippen molar-refractivity contribution in [2.75, 3.05) is 7.11 Å². The summed E-state index contributed by atoms with van der Waals surface area (Å²) < 4.78 is 4.44. The Bertz CT molecular complexity index is 236. The van der Waals surface area contributed by atoms with Crippen LogP contribution in [0, 0.1) is 11.5 Å². The fourth-order valence-corrected chi connectivity index (χ4v) is 1.33. The van der Waals surface area contributed by atoms with E-state index in [1.165, 1.54) is 7.11 Å². The molecule has 2 atom stereocenters. The zero-order chi connectivity index (χ0) is 8.85.